The summed E-state index contributed by atoms with van der Waals surface area (Å²) in [6.45, 7) is 5.52. The Kier molecular flexibility index (Phi) is 5.56. The summed E-state index contributed by atoms with van der Waals surface area (Å²) < 4.78 is 11.5. The molecule has 0 atom stereocenters. The molecule has 0 amide bonds. The number of methoxy groups -OCH3 is 2. The van der Waals surface area contributed by atoms with Gasteiger partial charge in [0.25, 0.3) is 0 Å². The molecule has 7 nitrogen and oxygen atoms in total. The van der Waals surface area contributed by atoms with E-state index in [1.165, 1.54) is 26.4 Å². The van der Waals surface area contributed by atoms with E-state index in [4.69, 9.17) is 9.47 Å². The van der Waals surface area contributed by atoms with Gasteiger partial charge in [-0.1, -0.05) is 13.8 Å². The summed E-state index contributed by atoms with van der Waals surface area (Å²) in [7, 11) is 3.02. The van der Waals surface area contributed by atoms with Gasteiger partial charge in [0.1, 0.15) is 34.5 Å². The van der Waals surface area contributed by atoms with E-state index in [1.54, 1.807) is 18.2 Å². The highest BCUT2D eigenvalue weighted by molar-refractivity contribution is 9.10. The van der Waals surface area contributed by atoms with Crippen LogP contribution >= 0.6 is 15.9 Å². The first-order valence-corrected chi connectivity index (χ1v) is 12.3. The molecular formula is C29H25BrO7. The molecule has 0 aromatic heterocycles. The Morgan fingerprint density at radius 2 is 1.46 bits per heavy atom. The summed E-state index contributed by atoms with van der Waals surface area (Å²) in [5.41, 5.74) is 1.78. The molecular weight excluding hydrogens is 540 g/mol. The summed E-state index contributed by atoms with van der Waals surface area (Å²) in [6, 6.07) is 9.31. The van der Waals surface area contributed by atoms with Crippen LogP contribution in [0.15, 0.2) is 40.9 Å². The Morgan fingerprint density at radius 1 is 0.811 bits per heavy atom. The molecule has 8 heteroatoms. The highest BCUT2D eigenvalue weighted by Gasteiger charge is 2.42. The minimum Gasteiger partial charge on any atom is -0.508 e. The van der Waals surface area contributed by atoms with Crippen molar-refractivity contribution in [2.75, 3.05) is 14.2 Å². The fourth-order valence-corrected chi connectivity index (χ4v) is 5.99. The quantitative estimate of drug-likeness (QED) is 0.231. The lowest BCUT2D eigenvalue weighted by Crippen LogP contribution is -2.30. The van der Waals surface area contributed by atoms with Crippen LogP contribution in [-0.2, 0) is 5.41 Å². The molecule has 4 aromatic carbocycles. The number of carbonyl (C=O) groups excluding carboxylic acids is 1. The second-order valence-corrected chi connectivity index (χ2v) is 10.5. The van der Waals surface area contributed by atoms with E-state index in [1.807, 2.05) is 20.8 Å². The van der Waals surface area contributed by atoms with E-state index in [0.29, 0.717) is 54.6 Å². The standard InChI is InChI=1S/C29H25BrO7/c1-12-6-14(36-4)9-20(33)22(12)15-11-21(37-5)26(30)16-10-18-25(27(34)23(15)16)28(35)24-17(29(18,2)3)7-13(31)8-19(24)32/h6-11,31-34H,1-5H3. The van der Waals surface area contributed by atoms with Gasteiger partial charge in [-0.3, -0.25) is 4.79 Å². The van der Waals surface area contributed by atoms with E-state index < -0.39 is 11.2 Å². The van der Waals surface area contributed by atoms with Gasteiger partial charge < -0.3 is 29.9 Å². The molecule has 0 saturated carbocycles. The van der Waals surface area contributed by atoms with E-state index in [9.17, 15) is 25.2 Å². The molecule has 0 aliphatic heterocycles. The lowest BCUT2D eigenvalue weighted by atomic mass is 9.67. The molecule has 0 radical (unpaired) electrons. The van der Waals surface area contributed by atoms with Gasteiger partial charge in [0.2, 0.25) is 5.78 Å². The van der Waals surface area contributed by atoms with E-state index in [-0.39, 0.29) is 34.1 Å². The second-order valence-electron chi connectivity index (χ2n) is 9.69. The van der Waals surface area contributed by atoms with Gasteiger partial charge in [0.15, 0.2) is 0 Å². The Morgan fingerprint density at radius 3 is 2.08 bits per heavy atom. The van der Waals surface area contributed by atoms with Crippen LogP contribution in [-0.4, -0.2) is 40.4 Å². The normalized spacial score (nSPS) is 13.8. The first-order valence-electron chi connectivity index (χ1n) is 11.5. The minimum atomic E-state index is -0.860. The van der Waals surface area contributed by atoms with Crippen LogP contribution in [0, 0.1) is 6.92 Å². The van der Waals surface area contributed by atoms with E-state index in [0.717, 1.165) is 6.07 Å². The zero-order valence-electron chi connectivity index (χ0n) is 20.9. The van der Waals surface area contributed by atoms with Crippen molar-refractivity contribution in [3.63, 3.8) is 0 Å². The molecule has 37 heavy (non-hydrogen) atoms. The maximum atomic E-state index is 13.8. The molecule has 1 aliphatic carbocycles. The smallest absolute Gasteiger partial charge is 0.201 e. The summed E-state index contributed by atoms with van der Waals surface area (Å²) in [5.74, 6) is -0.497. The number of aryl methyl sites for hydroxylation is 1. The zero-order valence-corrected chi connectivity index (χ0v) is 22.4. The van der Waals surface area contributed by atoms with Crippen molar-refractivity contribution in [3.05, 3.63) is 68.7 Å². The number of benzene rings is 4. The van der Waals surface area contributed by atoms with Crippen LogP contribution in [0.1, 0.15) is 46.5 Å². The first kappa shape index (κ1) is 24.8. The number of rotatable bonds is 3. The topological polar surface area (TPSA) is 116 Å². The third-order valence-corrected chi connectivity index (χ3v) is 8.03. The molecule has 0 bridgehead atoms. The summed E-state index contributed by atoms with van der Waals surface area (Å²) in [4.78, 5) is 13.8. The number of phenols is 4. The fraction of sp³-hybridized carbons (Fsp3) is 0.207. The predicted molar refractivity (Wildman–Crippen MR) is 144 cm³/mol. The van der Waals surface area contributed by atoms with Gasteiger partial charge in [-0.2, -0.15) is 0 Å². The summed E-state index contributed by atoms with van der Waals surface area (Å²) in [6.07, 6.45) is 0. The molecule has 1 aliphatic rings. The van der Waals surface area contributed by atoms with Crippen LogP contribution in [0.3, 0.4) is 0 Å². The molecule has 0 spiro atoms. The second kappa shape index (κ2) is 8.31. The maximum Gasteiger partial charge on any atom is 0.201 e. The van der Waals surface area contributed by atoms with Crippen LogP contribution < -0.4 is 9.47 Å². The molecule has 0 unspecified atom stereocenters. The lowest BCUT2D eigenvalue weighted by Gasteiger charge is -2.35. The van der Waals surface area contributed by atoms with Crippen molar-refractivity contribution in [1.82, 2.24) is 0 Å². The third-order valence-electron chi connectivity index (χ3n) is 7.21. The summed E-state index contributed by atoms with van der Waals surface area (Å²) >= 11 is 3.59. The van der Waals surface area contributed by atoms with Crippen molar-refractivity contribution in [3.8, 4) is 45.6 Å². The third kappa shape index (κ3) is 3.43. The molecule has 0 heterocycles. The predicted octanol–water partition coefficient (Wildman–Crippen LogP) is 6.29. The van der Waals surface area contributed by atoms with Crippen molar-refractivity contribution in [2.45, 2.75) is 26.2 Å². The molecule has 4 aromatic rings. The van der Waals surface area contributed by atoms with Gasteiger partial charge in [-0.15, -0.1) is 0 Å². The maximum absolute atomic E-state index is 13.8. The highest BCUT2D eigenvalue weighted by atomic mass is 79.9. The average Bonchev–Trinajstić information content (AvgIpc) is 2.83. The fourth-order valence-electron chi connectivity index (χ4n) is 5.40. The Hall–Kier alpha value is -3.91. The largest absolute Gasteiger partial charge is 0.508 e. The number of phenolic OH excluding ortho intramolecular Hbond substituents is 4. The van der Waals surface area contributed by atoms with E-state index >= 15 is 0 Å². The first-order chi connectivity index (χ1) is 17.4. The Labute approximate surface area is 221 Å². The number of ether oxygens (including phenoxy) is 2. The van der Waals surface area contributed by atoms with Crippen molar-refractivity contribution in [2.24, 2.45) is 0 Å². The van der Waals surface area contributed by atoms with Crippen LogP contribution in [0.5, 0.6) is 34.5 Å². The zero-order chi connectivity index (χ0) is 27.0. The number of aromatic hydroxyl groups is 4. The van der Waals surface area contributed by atoms with Crippen molar-refractivity contribution in [1.29, 1.82) is 0 Å². The number of fused-ring (bicyclic) bond motifs is 3. The van der Waals surface area contributed by atoms with Gasteiger partial charge >= 0.3 is 0 Å². The van der Waals surface area contributed by atoms with Gasteiger partial charge in [0, 0.05) is 39.4 Å². The highest BCUT2D eigenvalue weighted by Crippen LogP contribution is 2.54. The van der Waals surface area contributed by atoms with Gasteiger partial charge in [-0.05, 0) is 63.8 Å². The molecule has 0 fully saturated rings. The van der Waals surface area contributed by atoms with Gasteiger partial charge in [0.05, 0.1) is 29.8 Å². The number of halogens is 1. The number of ketones is 1. The van der Waals surface area contributed by atoms with Gasteiger partial charge in [-0.25, -0.2) is 0 Å². The number of hydrogen-bond acceptors (Lipinski definition) is 7. The van der Waals surface area contributed by atoms with E-state index in [2.05, 4.69) is 15.9 Å². The number of carbonyl (C=O) groups is 1. The summed E-state index contributed by atoms with van der Waals surface area (Å²) in [5, 5.41) is 44.4. The Bertz CT molecular complexity index is 1630. The number of hydrogen-bond donors (Lipinski definition) is 4. The molecule has 4 N–H and O–H groups in total. The SMILES string of the molecule is COc1cc(C)c(-c2cc(OC)c(Br)c3cc4c(c(O)c23)C(=O)c2c(O)cc(O)cc2C4(C)C)c(O)c1. The van der Waals surface area contributed by atoms with Crippen molar-refractivity contribution >= 4 is 32.5 Å². The monoisotopic (exact) mass is 564 g/mol. The van der Waals surface area contributed by atoms with Crippen LogP contribution in [0.4, 0.5) is 0 Å². The molecule has 5 rings (SSSR count). The van der Waals surface area contributed by atoms with Crippen LogP contribution in [0.2, 0.25) is 0 Å². The average molecular weight is 565 g/mol. The Balaban J connectivity index is 1.95. The molecule has 190 valence electrons. The van der Waals surface area contributed by atoms with Crippen LogP contribution in [0.25, 0.3) is 21.9 Å². The molecule has 0 saturated heterocycles. The minimum absolute atomic E-state index is 0.0301. The van der Waals surface area contributed by atoms with Crippen molar-refractivity contribution < 1.29 is 34.7 Å². The lowest BCUT2D eigenvalue weighted by molar-refractivity contribution is 0.102.